The van der Waals surface area contributed by atoms with Gasteiger partial charge in [-0.05, 0) is 18.5 Å². The fourth-order valence-electron chi connectivity index (χ4n) is 1.55. The van der Waals surface area contributed by atoms with E-state index in [1.807, 2.05) is 6.07 Å². The van der Waals surface area contributed by atoms with Crippen LogP contribution in [0.25, 0.3) is 0 Å². The Morgan fingerprint density at radius 3 is 2.82 bits per heavy atom. The zero-order chi connectivity index (χ0) is 12.7. The third-order valence-electron chi connectivity index (χ3n) is 2.42. The maximum absolute atomic E-state index is 11.0. The molecule has 0 spiro atoms. The van der Waals surface area contributed by atoms with E-state index < -0.39 is 0 Å². The molecule has 0 radical (unpaired) electrons. The minimum atomic E-state index is -0.325. The van der Waals surface area contributed by atoms with Crippen LogP contribution in [-0.2, 0) is 4.79 Å². The van der Waals surface area contributed by atoms with Gasteiger partial charge < -0.3 is 15.8 Å². The first-order chi connectivity index (χ1) is 8.17. The van der Waals surface area contributed by atoms with Crippen molar-refractivity contribution in [2.45, 2.75) is 25.8 Å². The second kappa shape index (κ2) is 6.85. The normalized spacial score (nSPS) is 12.1. The van der Waals surface area contributed by atoms with Gasteiger partial charge in [0.1, 0.15) is 0 Å². The Hall–Kier alpha value is -1.62. The van der Waals surface area contributed by atoms with Gasteiger partial charge in [-0.1, -0.05) is 13.0 Å². The third kappa shape index (κ3) is 4.40. The van der Waals surface area contributed by atoms with Crippen molar-refractivity contribution in [2.75, 3.05) is 13.7 Å². The molecule has 1 aromatic heterocycles. The Bertz CT molecular complexity index is 351. The number of hydrogen-bond donors (Lipinski definition) is 2. The largest absolute Gasteiger partial charge is 0.481 e. The van der Waals surface area contributed by atoms with E-state index in [1.165, 1.54) is 0 Å². The summed E-state index contributed by atoms with van der Waals surface area (Å²) in [4.78, 5) is 15.1. The lowest BCUT2D eigenvalue weighted by molar-refractivity contribution is -0.118. The fraction of sp³-hybridized carbons (Fsp3) is 0.500. The number of carbonyl (C=O) groups excluding carboxylic acids is 1. The Balaban J connectivity index is 2.75. The summed E-state index contributed by atoms with van der Waals surface area (Å²) in [7, 11) is 1.57. The molecule has 1 rings (SSSR count). The zero-order valence-corrected chi connectivity index (χ0v) is 10.3. The highest BCUT2D eigenvalue weighted by Crippen LogP contribution is 2.17. The minimum absolute atomic E-state index is 0.0779. The Kier molecular flexibility index (Phi) is 5.42. The quantitative estimate of drug-likeness (QED) is 0.742. The molecule has 3 N–H and O–H groups in total. The first kappa shape index (κ1) is 13.4. The molecule has 94 valence electrons. The predicted molar refractivity (Wildman–Crippen MR) is 65.6 cm³/mol. The number of nitrogens with two attached hydrogens (primary N) is 1. The predicted octanol–water partition coefficient (Wildman–Crippen LogP) is 1.01. The van der Waals surface area contributed by atoms with Crippen LogP contribution in [0.15, 0.2) is 18.3 Å². The van der Waals surface area contributed by atoms with E-state index >= 15 is 0 Å². The molecule has 1 unspecified atom stereocenters. The molecule has 1 heterocycles. The van der Waals surface area contributed by atoms with Crippen molar-refractivity contribution in [1.29, 1.82) is 0 Å². The number of rotatable bonds is 7. The van der Waals surface area contributed by atoms with Crippen LogP contribution < -0.4 is 15.8 Å². The lowest BCUT2D eigenvalue weighted by Gasteiger charge is -2.17. The second-order valence-corrected chi connectivity index (χ2v) is 3.81. The summed E-state index contributed by atoms with van der Waals surface area (Å²) in [5, 5.41) is 3.27. The van der Waals surface area contributed by atoms with Gasteiger partial charge in [0.25, 0.3) is 0 Å². The highest BCUT2D eigenvalue weighted by Gasteiger charge is 2.13. The summed E-state index contributed by atoms with van der Waals surface area (Å²) in [6.45, 7) is 2.91. The van der Waals surface area contributed by atoms with Gasteiger partial charge in [-0.15, -0.1) is 0 Å². The van der Waals surface area contributed by atoms with E-state index in [2.05, 4.69) is 17.2 Å². The third-order valence-corrected chi connectivity index (χ3v) is 2.42. The van der Waals surface area contributed by atoms with Crippen LogP contribution in [0.2, 0.25) is 0 Å². The molecule has 0 aromatic carbocycles. The van der Waals surface area contributed by atoms with Gasteiger partial charge in [0.2, 0.25) is 11.8 Å². The number of hydrogen-bond acceptors (Lipinski definition) is 4. The van der Waals surface area contributed by atoms with Gasteiger partial charge in [0.15, 0.2) is 0 Å². The molecule has 0 aliphatic carbocycles. The van der Waals surface area contributed by atoms with Gasteiger partial charge in [0.05, 0.1) is 7.11 Å². The number of nitrogens with zero attached hydrogens (tertiary/aromatic N) is 1. The molecule has 0 aliphatic rings. The van der Waals surface area contributed by atoms with Crippen LogP contribution in [-0.4, -0.2) is 24.5 Å². The molecule has 1 aromatic rings. The number of aromatic nitrogens is 1. The van der Waals surface area contributed by atoms with Crippen molar-refractivity contribution >= 4 is 5.91 Å². The molecule has 0 saturated carbocycles. The average Bonchev–Trinajstić information content (AvgIpc) is 2.34. The van der Waals surface area contributed by atoms with E-state index in [9.17, 15) is 4.79 Å². The standard InChI is InChI=1S/C12H19N3O2/c1-3-6-14-10(7-11(13)16)9-4-5-12(17-2)15-8-9/h4-5,8,10,14H,3,6-7H2,1-2H3,(H2,13,16). The molecule has 1 atom stereocenters. The van der Waals surface area contributed by atoms with Crippen molar-refractivity contribution < 1.29 is 9.53 Å². The summed E-state index contributed by atoms with van der Waals surface area (Å²) in [5.41, 5.74) is 6.18. The summed E-state index contributed by atoms with van der Waals surface area (Å²) in [5.74, 6) is 0.233. The summed E-state index contributed by atoms with van der Waals surface area (Å²) >= 11 is 0. The Morgan fingerprint density at radius 1 is 1.59 bits per heavy atom. The monoisotopic (exact) mass is 237 g/mol. The van der Waals surface area contributed by atoms with Crippen molar-refractivity contribution in [3.8, 4) is 5.88 Å². The fourth-order valence-corrected chi connectivity index (χ4v) is 1.55. The molecule has 5 heteroatoms. The topological polar surface area (TPSA) is 77.2 Å². The molecular formula is C12H19N3O2. The number of ether oxygens (including phenoxy) is 1. The lowest BCUT2D eigenvalue weighted by Crippen LogP contribution is -2.27. The van der Waals surface area contributed by atoms with Crippen LogP contribution in [0.5, 0.6) is 5.88 Å². The first-order valence-electron chi connectivity index (χ1n) is 5.69. The lowest BCUT2D eigenvalue weighted by atomic mass is 10.1. The van der Waals surface area contributed by atoms with Crippen LogP contribution >= 0.6 is 0 Å². The number of methoxy groups -OCH3 is 1. The number of nitrogens with one attached hydrogen (secondary N) is 1. The van der Waals surface area contributed by atoms with Crippen LogP contribution in [0.1, 0.15) is 31.4 Å². The van der Waals surface area contributed by atoms with Gasteiger partial charge in [-0.25, -0.2) is 4.98 Å². The highest BCUT2D eigenvalue weighted by atomic mass is 16.5. The highest BCUT2D eigenvalue weighted by molar-refractivity contribution is 5.74. The minimum Gasteiger partial charge on any atom is -0.481 e. The van der Waals surface area contributed by atoms with Crippen LogP contribution in [0.3, 0.4) is 0 Å². The van der Waals surface area contributed by atoms with Crippen molar-refractivity contribution in [3.63, 3.8) is 0 Å². The molecule has 17 heavy (non-hydrogen) atoms. The molecule has 1 amide bonds. The van der Waals surface area contributed by atoms with E-state index in [1.54, 1.807) is 19.4 Å². The van der Waals surface area contributed by atoms with E-state index in [0.717, 1.165) is 18.5 Å². The number of carbonyl (C=O) groups is 1. The number of primary amides is 1. The Morgan fingerprint density at radius 2 is 2.35 bits per heavy atom. The summed E-state index contributed by atoms with van der Waals surface area (Å²) in [6.07, 6.45) is 2.97. The smallest absolute Gasteiger partial charge is 0.219 e. The van der Waals surface area contributed by atoms with E-state index in [4.69, 9.17) is 10.5 Å². The van der Waals surface area contributed by atoms with Crippen molar-refractivity contribution in [3.05, 3.63) is 23.9 Å². The van der Waals surface area contributed by atoms with Gasteiger partial charge >= 0.3 is 0 Å². The summed E-state index contributed by atoms with van der Waals surface area (Å²) in [6, 6.07) is 3.59. The van der Waals surface area contributed by atoms with Gasteiger partial charge in [0, 0.05) is 24.7 Å². The number of amides is 1. The van der Waals surface area contributed by atoms with Crippen molar-refractivity contribution in [2.24, 2.45) is 5.73 Å². The van der Waals surface area contributed by atoms with E-state index in [-0.39, 0.29) is 18.4 Å². The molecule has 0 saturated heterocycles. The maximum atomic E-state index is 11.0. The SMILES string of the molecule is CCCNC(CC(N)=O)c1ccc(OC)nc1. The molecule has 0 aliphatic heterocycles. The average molecular weight is 237 g/mol. The molecule has 0 fully saturated rings. The van der Waals surface area contributed by atoms with E-state index in [0.29, 0.717) is 5.88 Å². The van der Waals surface area contributed by atoms with Gasteiger partial charge in [-0.2, -0.15) is 0 Å². The van der Waals surface area contributed by atoms with Crippen LogP contribution in [0, 0.1) is 0 Å². The molecule has 5 nitrogen and oxygen atoms in total. The zero-order valence-electron chi connectivity index (χ0n) is 10.3. The van der Waals surface area contributed by atoms with Gasteiger partial charge in [-0.3, -0.25) is 4.79 Å². The summed E-state index contributed by atoms with van der Waals surface area (Å²) < 4.78 is 4.99. The molecular weight excluding hydrogens is 218 g/mol. The first-order valence-corrected chi connectivity index (χ1v) is 5.69. The number of pyridine rings is 1. The van der Waals surface area contributed by atoms with Crippen LogP contribution in [0.4, 0.5) is 0 Å². The second-order valence-electron chi connectivity index (χ2n) is 3.81. The van der Waals surface area contributed by atoms with Crippen molar-refractivity contribution in [1.82, 2.24) is 10.3 Å². The Labute approximate surface area is 101 Å². The molecule has 0 bridgehead atoms. The maximum Gasteiger partial charge on any atom is 0.219 e.